The lowest BCUT2D eigenvalue weighted by Crippen LogP contribution is -2.55. The van der Waals surface area contributed by atoms with Crippen molar-refractivity contribution in [3.8, 4) is 0 Å². The molecule has 2 aliphatic heterocycles. The summed E-state index contributed by atoms with van der Waals surface area (Å²) >= 11 is 0. The molecule has 2 atom stereocenters. The smallest absolute Gasteiger partial charge is 0.410 e. The third-order valence-corrected chi connectivity index (χ3v) is 4.31. The molecular weight excluding hydrogens is 298 g/mol. The normalized spacial score (nSPS) is 23.0. The first-order valence-corrected chi connectivity index (χ1v) is 8.18. The number of carbonyl (C=O) groups is 3. The molecule has 0 aromatic carbocycles. The van der Waals surface area contributed by atoms with E-state index in [1.165, 1.54) is 0 Å². The van der Waals surface area contributed by atoms with Crippen molar-refractivity contribution < 1.29 is 19.1 Å². The summed E-state index contributed by atoms with van der Waals surface area (Å²) in [5.74, 6) is 0.213. The van der Waals surface area contributed by atoms with Crippen LogP contribution in [0.2, 0.25) is 0 Å². The Bertz CT molecular complexity index is 480. The summed E-state index contributed by atoms with van der Waals surface area (Å²) in [5, 5.41) is 5.67. The molecule has 2 heterocycles. The Balaban J connectivity index is 1.69. The molecule has 2 rings (SSSR count). The fraction of sp³-hybridized carbons (Fsp3) is 0.812. The fourth-order valence-electron chi connectivity index (χ4n) is 2.73. The standard InChI is InChI=1S/C16H27N3O4/c1-10(14(21)18-7-11-5-13(20)17-6-11)12-8-19(9-12)15(22)23-16(2,3)4/h10-12H,5-9H2,1-4H3,(H,17,20)(H,18,21). The SMILES string of the molecule is CC(C(=O)NCC1CNC(=O)C1)C1CN(C(=O)OC(C)(C)C)C1. The van der Waals surface area contributed by atoms with Crippen molar-refractivity contribution >= 4 is 17.9 Å². The molecule has 0 spiro atoms. The van der Waals surface area contributed by atoms with Gasteiger partial charge < -0.3 is 20.3 Å². The van der Waals surface area contributed by atoms with E-state index in [2.05, 4.69) is 10.6 Å². The second kappa shape index (κ2) is 6.76. The van der Waals surface area contributed by atoms with Crippen molar-refractivity contribution in [2.24, 2.45) is 17.8 Å². The fourth-order valence-corrected chi connectivity index (χ4v) is 2.73. The molecule has 0 aliphatic carbocycles. The van der Waals surface area contributed by atoms with Gasteiger partial charge in [0.25, 0.3) is 0 Å². The Labute approximate surface area is 137 Å². The molecule has 0 aromatic heterocycles. The van der Waals surface area contributed by atoms with Crippen LogP contribution in [-0.2, 0) is 14.3 Å². The lowest BCUT2D eigenvalue weighted by atomic mass is 9.86. The Hall–Kier alpha value is -1.79. The van der Waals surface area contributed by atoms with Crippen LogP contribution in [0.3, 0.4) is 0 Å². The van der Waals surface area contributed by atoms with E-state index in [0.29, 0.717) is 32.6 Å². The van der Waals surface area contributed by atoms with Crippen LogP contribution in [0.15, 0.2) is 0 Å². The summed E-state index contributed by atoms with van der Waals surface area (Å²) < 4.78 is 5.30. The van der Waals surface area contributed by atoms with Crippen molar-refractivity contribution in [3.63, 3.8) is 0 Å². The number of carbonyl (C=O) groups excluding carboxylic acids is 3. The molecule has 0 aromatic rings. The van der Waals surface area contributed by atoms with Crippen LogP contribution in [0, 0.1) is 17.8 Å². The van der Waals surface area contributed by atoms with Crippen LogP contribution in [0.5, 0.6) is 0 Å². The van der Waals surface area contributed by atoms with Gasteiger partial charge in [-0.05, 0) is 20.8 Å². The van der Waals surface area contributed by atoms with Gasteiger partial charge in [0.15, 0.2) is 0 Å². The number of ether oxygens (including phenoxy) is 1. The summed E-state index contributed by atoms with van der Waals surface area (Å²) in [4.78, 5) is 36.8. The number of amides is 3. The first-order chi connectivity index (χ1) is 10.7. The zero-order valence-corrected chi connectivity index (χ0v) is 14.3. The molecule has 7 nitrogen and oxygen atoms in total. The average molecular weight is 325 g/mol. The zero-order chi connectivity index (χ0) is 17.2. The van der Waals surface area contributed by atoms with Crippen molar-refractivity contribution in [1.82, 2.24) is 15.5 Å². The summed E-state index contributed by atoms with van der Waals surface area (Å²) in [7, 11) is 0. The third-order valence-electron chi connectivity index (χ3n) is 4.31. The summed E-state index contributed by atoms with van der Waals surface area (Å²) in [5.41, 5.74) is -0.502. The first-order valence-electron chi connectivity index (χ1n) is 8.18. The van der Waals surface area contributed by atoms with Crippen molar-refractivity contribution in [2.45, 2.75) is 39.7 Å². The molecule has 2 N–H and O–H groups in total. The maximum atomic E-state index is 12.2. The largest absolute Gasteiger partial charge is 0.444 e. The summed E-state index contributed by atoms with van der Waals surface area (Å²) in [6.07, 6.45) is 0.154. The van der Waals surface area contributed by atoms with Crippen LogP contribution < -0.4 is 10.6 Å². The average Bonchev–Trinajstić information content (AvgIpc) is 2.77. The van der Waals surface area contributed by atoms with Gasteiger partial charge in [0, 0.05) is 50.4 Å². The van der Waals surface area contributed by atoms with Gasteiger partial charge in [0.2, 0.25) is 11.8 Å². The van der Waals surface area contributed by atoms with Crippen molar-refractivity contribution in [2.75, 3.05) is 26.2 Å². The Morgan fingerprint density at radius 3 is 2.57 bits per heavy atom. The molecule has 23 heavy (non-hydrogen) atoms. The van der Waals surface area contributed by atoms with Crippen molar-refractivity contribution in [1.29, 1.82) is 0 Å². The second-order valence-corrected chi connectivity index (χ2v) is 7.55. The Kier molecular flexibility index (Phi) is 5.16. The van der Waals surface area contributed by atoms with E-state index in [4.69, 9.17) is 4.74 Å². The molecule has 3 amide bonds. The Morgan fingerprint density at radius 2 is 2.04 bits per heavy atom. The first kappa shape index (κ1) is 17.6. The topological polar surface area (TPSA) is 87.7 Å². The van der Waals surface area contributed by atoms with Gasteiger partial charge in [-0.2, -0.15) is 0 Å². The van der Waals surface area contributed by atoms with Gasteiger partial charge in [-0.15, -0.1) is 0 Å². The molecule has 2 fully saturated rings. The highest BCUT2D eigenvalue weighted by atomic mass is 16.6. The van der Waals surface area contributed by atoms with Gasteiger partial charge in [0.1, 0.15) is 5.60 Å². The van der Waals surface area contributed by atoms with Crippen LogP contribution in [-0.4, -0.2) is 54.6 Å². The molecule has 2 unspecified atom stereocenters. The summed E-state index contributed by atoms with van der Waals surface area (Å²) in [6, 6.07) is 0. The van der Waals surface area contributed by atoms with E-state index in [1.54, 1.807) is 4.90 Å². The van der Waals surface area contributed by atoms with Crippen molar-refractivity contribution in [3.05, 3.63) is 0 Å². The molecule has 0 bridgehead atoms. The van der Waals surface area contributed by atoms with E-state index in [-0.39, 0.29) is 35.7 Å². The van der Waals surface area contributed by atoms with Crippen LogP contribution in [0.1, 0.15) is 34.1 Å². The molecule has 7 heteroatoms. The number of rotatable bonds is 4. The number of nitrogens with one attached hydrogen (secondary N) is 2. The van der Waals surface area contributed by atoms with Gasteiger partial charge in [0.05, 0.1) is 0 Å². The molecule has 130 valence electrons. The van der Waals surface area contributed by atoms with Crippen LogP contribution >= 0.6 is 0 Å². The lowest BCUT2D eigenvalue weighted by Gasteiger charge is -2.42. The minimum Gasteiger partial charge on any atom is -0.444 e. The molecule has 0 saturated carbocycles. The molecule has 0 radical (unpaired) electrons. The molecule has 2 saturated heterocycles. The maximum Gasteiger partial charge on any atom is 0.410 e. The van der Waals surface area contributed by atoms with E-state index in [9.17, 15) is 14.4 Å². The minimum atomic E-state index is -0.502. The molecular formula is C16H27N3O4. The van der Waals surface area contributed by atoms with Gasteiger partial charge >= 0.3 is 6.09 Å². The van der Waals surface area contributed by atoms with Crippen LogP contribution in [0.4, 0.5) is 4.79 Å². The highest BCUT2D eigenvalue weighted by Crippen LogP contribution is 2.26. The minimum absolute atomic E-state index is 0.0156. The molecule has 2 aliphatic rings. The quantitative estimate of drug-likeness (QED) is 0.798. The number of hydrogen-bond donors (Lipinski definition) is 2. The third kappa shape index (κ3) is 4.84. The number of hydrogen-bond acceptors (Lipinski definition) is 4. The highest BCUT2D eigenvalue weighted by molar-refractivity contribution is 5.80. The lowest BCUT2D eigenvalue weighted by molar-refractivity contribution is -0.128. The number of nitrogens with zero attached hydrogens (tertiary/aromatic N) is 1. The van der Waals surface area contributed by atoms with Gasteiger partial charge in [-0.1, -0.05) is 6.92 Å². The van der Waals surface area contributed by atoms with E-state index >= 15 is 0 Å². The number of likely N-dealkylation sites (tertiary alicyclic amines) is 1. The maximum absolute atomic E-state index is 12.2. The summed E-state index contributed by atoms with van der Waals surface area (Å²) in [6.45, 7) is 9.63. The van der Waals surface area contributed by atoms with E-state index in [1.807, 2.05) is 27.7 Å². The van der Waals surface area contributed by atoms with E-state index in [0.717, 1.165) is 0 Å². The van der Waals surface area contributed by atoms with Gasteiger partial charge in [-0.3, -0.25) is 9.59 Å². The predicted octanol–water partition coefficient (Wildman–Crippen LogP) is 0.742. The van der Waals surface area contributed by atoms with E-state index < -0.39 is 5.60 Å². The Morgan fingerprint density at radius 1 is 1.39 bits per heavy atom. The van der Waals surface area contributed by atoms with Gasteiger partial charge in [-0.25, -0.2) is 4.79 Å². The monoisotopic (exact) mass is 325 g/mol. The van der Waals surface area contributed by atoms with Crippen LogP contribution in [0.25, 0.3) is 0 Å². The zero-order valence-electron chi connectivity index (χ0n) is 14.3. The predicted molar refractivity (Wildman–Crippen MR) is 84.6 cm³/mol. The highest BCUT2D eigenvalue weighted by Gasteiger charge is 2.39. The second-order valence-electron chi connectivity index (χ2n) is 7.55.